The second-order valence-corrected chi connectivity index (χ2v) is 5.01. The minimum atomic E-state index is -3.53. The van der Waals surface area contributed by atoms with Crippen LogP contribution in [-0.4, -0.2) is 20.8 Å². The standard InChI is InChI=1S/C9H14N4O2S/c10-7-1-3-8(4-2-7)16(14,15)13-6-5-9(11)12/h1-4,13H,5-6,10H2,(H3,11,12). The molecule has 0 fully saturated rings. The highest BCUT2D eigenvalue weighted by Gasteiger charge is 2.12. The van der Waals surface area contributed by atoms with Crippen molar-refractivity contribution in [3.05, 3.63) is 24.3 Å². The summed E-state index contributed by atoms with van der Waals surface area (Å²) in [5.41, 5.74) is 11.1. The van der Waals surface area contributed by atoms with Gasteiger partial charge in [-0.25, -0.2) is 13.1 Å². The predicted octanol–water partition coefficient (Wildman–Crippen LogP) is -0.127. The molecule has 0 bridgehead atoms. The van der Waals surface area contributed by atoms with E-state index in [1.807, 2.05) is 0 Å². The Morgan fingerprint density at radius 3 is 2.38 bits per heavy atom. The van der Waals surface area contributed by atoms with Gasteiger partial charge in [0.25, 0.3) is 0 Å². The SMILES string of the molecule is N=C(N)CCNS(=O)(=O)c1ccc(N)cc1. The number of nitrogen functional groups attached to an aromatic ring is 1. The Morgan fingerprint density at radius 1 is 1.31 bits per heavy atom. The largest absolute Gasteiger partial charge is 0.399 e. The van der Waals surface area contributed by atoms with Crippen molar-refractivity contribution in [2.75, 3.05) is 12.3 Å². The van der Waals surface area contributed by atoms with Gasteiger partial charge in [0, 0.05) is 18.7 Å². The van der Waals surface area contributed by atoms with Gasteiger partial charge in [-0.2, -0.15) is 0 Å². The number of benzene rings is 1. The zero-order valence-corrected chi connectivity index (χ0v) is 9.42. The molecule has 0 radical (unpaired) electrons. The van der Waals surface area contributed by atoms with Crippen LogP contribution < -0.4 is 16.2 Å². The fraction of sp³-hybridized carbons (Fsp3) is 0.222. The average molecular weight is 242 g/mol. The summed E-state index contributed by atoms with van der Waals surface area (Å²) >= 11 is 0. The molecule has 0 atom stereocenters. The van der Waals surface area contributed by atoms with E-state index in [9.17, 15) is 8.42 Å². The zero-order chi connectivity index (χ0) is 12.2. The molecule has 1 aromatic carbocycles. The molecule has 88 valence electrons. The minimum Gasteiger partial charge on any atom is -0.399 e. The zero-order valence-electron chi connectivity index (χ0n) is 8.60. The molecule has 1 aromatic rings. The van der Waals surface area contributed by atoms with Gasteiger partial charge in [-0.05, 0) is 24.3 Å². The number of sulfonamides is 1. The van der Waals surface area contributed by atoms with Gasteiger partial charge >= 0.3 is 0 Å². The lowest BCUT2D eigenvalue weighted by molar-refractivity contribution is 0.582. The van der Waals surface area contributed by atoms with Crippen molar-refractivity contribution in [2.24, 2.45) is 5.73 Å². The lowest BCUT2D eigenvalue weighted by Gasteiger charge is -2.06. The van der Waals surface area contributed by atoms with Crippen LogP contribution in [0, 0.1) is 5.41 Å². The third kappa shape index (κ3) is 3.52. The summed E-state index contributed by atoms with van der Waals surface area (Å²) in [5.74, 6) is -0.0555. The summed E-state index contributed by atoms with van der Waals surface area (Å²) in [6.45, 7) is 0.113. The average Bonchev–Trinajstić information content (AvgIpc) is 2.17. The first-order chi connectivity index (χ1) is 7.42. The molecule has 0 spiro atoms. The summed E-state index contributed by atoms with van der Waals surface area (Å²) in [7, 11) is -3.53. The van der Waals surface area contributed by atoms with Gasteiger partial charge in [-0.1, -0.05) is 0 Å². The molecule has 1 rings (SSSR count). The third-order valence-electron chi connectivity index (χ3n) is 1.88. The smallest absolute Gasteiger partial charge is 0.240 e. The van der Waals surface area contributed by atoms with Gasteiger partial charge in [0.05, 0.1) is 10.7 Å². The molecule has 0 unspecified atom stereocenters. The molecular weight excluding hydrogens is 228 g/mol. The molecule has 6 nitrogen and oxygen atoms in total. The third-order valence-corrected chi connectivity index (χ3v) is 3.35. The number of anilines is 1. The second kappa shape index (κ2) is 4.95. The number of amidine groups is 1. The summed E-state index contributed by atoms with van der Waals surface area (Å²) in [5, 5.41) is 6.96. The first-order valence-corrected chi connectivity index (χ1v) is 6.08. The molecule has 7 heteroatoms. The monoisotopic (exact) mass is 242 g/mol. The van der Waals surface area contributed by atoms with Crippen molar-refractivity contribution in [3.63, 3.8) is 0 Å². The van der Waals surface area contributed by atoms with Crippen LogP contribution in [-0.2, 0) is 10.0 Å². The van der Waals surface area contributed by atoms with Crippen molar-refractivity contribution < 1.29 is 8.42 Å². The Kier molecular flexibility index (Phi) is 3.86. The van der Waals surface area contributed by atoms with Crippen LogP contribution in [0.15, 0.2) is 29.2 Å². The lowest BCUT2D eigenvalue weighted by atomic mass is 10.3. The van der Waals surface area contributed by atoms with E-state index >= 15 is 0 Å². The number of hydrogen-bond acceptors (Lipinski definition) is 4. The first kappa shape index (κ1) is 12.5. The highest BCUT2D eigenvalue weighted by molar-refractivity contribution is 7.89. The molecule has 0 aliphatic heterocycles. The van der Waals surface area contributed by atoms with Crippen LogP contribution in [0.1, 0.15) is 6.42 Å². The molecule has 0 heterocycles. The van der Waals surface area contributed by atoms with Crippen molar-refractivity contribution in [3.8, 4) is 0 Å². The lowest BCUT2D eigenvalue weighted by Crippen LogP contribution is -2.27. The number of nitrogens with one attached hydrogen (secondary N) is 2. The number of rotatable bonds is 5. The molecule has 0 aromatic heterocycles. The van der Waals surface area contributed by atoms with Crippen molar-refractivity contribution in [1.29, 1.82) is 5.41 Å². The number of hydrogen-bond donors (Lipinski definition) is 4. The Hall–Kier alpha value is -1.60. The van der Waals surface area contributed by atoms with Crippen molar-refractivity contribution >= 4 is 21.5 Å². The highest BCUT2D eigenvalue weighted by Crippen LogP contribution is 2.10. The van der Waals surface area contributed by atoms with Crippen molar-refractivity contribution in [1.82, 2.24) is 4.72 Å². The van der Waals surface area contributed by atoms with Gasteiger partial charge in [0.15, 0.2) is 0 Å². The highest BCUT2D eigenvalue weighted by atomic mass is 32.2. The van der Waals surface area contributed by atoms with E-state index in [1.165, 1.54) is 24.3 Å². The van der Waals surface area contributed by atoms with Crippen molar-refractivity contribution in [2.45, 2.75) is 11.3 Å². The van der Waals surface area contributed by atoms with E-state index in [-0.39, 0.29) is 23.7 Å². The Morgan fingerprint density at radius 2 is 1.88 bits per heavy atom. The van der Waals surface area contributed by atoms with Gasteiger partial charge in [0.2, 0.25) is 10.0 Å². The maximum atomic E-state index is 11.7. The second-order valence-electron chi connectivity index (χ2n) is 3.24. The molecule has 0 aliphatic carbocycles. The number of nitrogens with two attached hydrogens (primary N) is 2. The van der Waals surface area contributed by atoms with Gasteiger partial charge < -0.3 is 11.5 Å². The summed E-state index contributed by atoms with van der Waals surface area (Å²) in [6, 6.07) is 5.87. The molecular formula is C9H14N4O2S. The fourth-order valence-electron chi connectivity index (χ4n) is 1.05. The van der Waals surface area contributed by atoms with Gasteiger partial charge in [0.1, 0.15) is 0 Å². The first-order valence-electron chi connectivity index (χ1n) is 4.60. The van der Waals surface area contributed by atoms with Gasteiger partial charge in [-0.15, -0.1) is 0 Å². The van der Waals surface area contributed by atoms with Crippen LogP contribution in [0.2, 0.25) is 0 Å². The normalized spacial score (nSPS) is 11.2. The predicted molar refractivity (Wildman–Crippen MR) is 62.6 cm³/mol. The summed E-state index contributed by atoms with van der Waals surface area (Å²) in [6.07, 6.45) is 0.189. The van der Waals surface area contributed by atoms with E-state index in [2.05, 4.69) is 4.72 Å². The van der Waals surface area contributed by atoms with Crippen LogP contribution in [0.5, 0.6) is 0 Å². The Bertz CT molecular complexity index is 467. The summed E-state index contributed by atoms with van der Waals surface area (Å²) < 4.78 is 25.7. The topological polar surface area (TPSA) is 122 Å². The van der Waals surface area contributed by atoms with Crippen LogP contribution in [0.25, 0.3) is 0 Å². The van der Waals surface area contributed by atoms with Crippen LogP contribution >= 0.6 is 0 Å². The van der Waals surface area contributed by atoms with E-state index in [0.29, 0.717) is 5.69 Å². The van der Waals surface area contributed by atoms with E-state index < -0.39 is 10.0 Å². The maximum absolute atomic E-state index is 11.7. The molecule has 0 amide bonds. The minimum absolute atomic E-state index is 0.0555. The van der Waals surface area contributed by atoms with Crippen LogP contribution in [0.4, 0.5) is 5.69 Å². The molecule has 0 saturated heterocycles. The van der Waals surface area contributed by atoms with Gasteiger partial charge in [-0.3, -0.25) is 5.41 Å². The fourth-order valence-corrected chi connectivity index (χ4v) is 2.08. The maximum Gasteiger partial charge on any atom is 0.240 e. The Labute approximate surface area is 94.2 Å². The van der Waals surface area contributed by atoms with E-state index in [0.717, 1.165) is 0 Å². The molecule has 0 saturated carbocycles. The van der Waals surface area contributed by atoms with E-state index in [4.69, 9.17) is 16.9 Å². The Balaban J connectivity index is 2.71. The molecule has 6 N–H and O–H groups in total. The van der Waals surface area contributed by atoms with E-state index in [1.54, 1.807) is 0 Å². The van der Waals surface area contributed by atoms with Crippen LogP contribution in [0.3, 0.4) is 0 Å². The quantitative estimate of drug-likeness (QED) is 0.326. The molecule has 16 heavy (non-hydrogen) atoms. The summed E-state index contributed by atoms with van der Waals surface area (Å²) in [4.78, 5) is 0.144. The molecule has 0 aliphatic rings.